The summed E-state index contributed by atoms with van der Waals surface area (Å²) >= 11 is 0. The zero-order chi connectivity index (χ0) is 15.2. The van der Waals surface area contributed by atoms with Crippen molar-refractivity contribution in [2.75, 3.05) is 26.4 Å². The van der Waals surface area contributed by atoms with Gasteiger partial charge in [-0.2, -0.15) is 17.6 Å². The van der Waals surface area contributed by atoms with Gasteiger partial charge in [-0.25, -0.2) is 0 Å². The molecule has 0 heterocycles. The molecule has 0 unspecified atom stereocenters. The maximum Gasteiger partial charge on any atom is 0.416 e. The molecule has 0 saturated heterocycles. The topological polar surface area (TPSA) is 36.9 Å². The molecule has 0 N–H and O–H groups in total. The Morgan fingerprint density at radius 1 is 0.579 bits per heavy atom. The molecule has 0 fully saturated rings. The highest BCUT2D eigenvalue weighted by atomic mass is 19.3. The number of ether oxygens (including phenoxy) is 4. The van der Waals surface area contributed by atoms with E-state index in [2.05, 4.69) is 18.9 Å². The quantitative estimate of drug-likeness (QED) is 0.458. The van der Waals surface area contributed by atoms with E-state index in [9.17, 15) is 17.6 Å². The Morgan fingerprint density at radius 2 is 0.789 bits per heavy atom. The first-order chi connectivity index (χ1) is 8.74. The van der Waals surface area contributed by atoms with Crippen LogP contribution < -0.4 is 0 Å². The fourth-order valence-corrected chi connectivity index (χ4v) is 1.37. The van der Waals surface area contributed by atoms with Crippen LogP contribution in [0.2, 0.25) is 0 Å². The third kappa shape index (κ3) is 3.77. The maximum atomic E-state index is 14.1. The molecule has 0 bridgehead atoms. The van der Waals surface area contributed by atoms with Gasteiger partial charge < -0.3 is 18.9 Å². The summed E-state index contributed by atoms with van der Waals surface area (Å²) in [6.45, 7) is 3.30. The molecule has 0 aliphatic rings. The number of hydrogen-bond acceptors (Lipinski definition) is 4. The van der Waals surface area contributed by atoms with E-state index in [0.29, 0.717) is 0 Å². The van der Waals surface area contributed by atoms with Crippen LogP contribution in [0.4, 0.5) is 17.6 Å². The van der Waals surface area contributed by atoms with Crippen molar-refractivity contribution in [3.8, 4) is 0 Å². The fourth-order valence-electron chi connectivity index (χ4n) is 1.37. The lowest BCUT2D eigenvalue weighted by molar-refractivity contribution is -0.500. The summed E-state index contributed by atoms with van der Waals surface area (Å²) < 4.78 is 73.2. The van der Waals surface area contributed by atoms with Crippen molar-refractivity contribution in [2.24, 2.45) is 0 Å². The van der Waals surface area contributed by atoms with Crippen molar-refractivity contribution in [1.82, 2.24) is 0 Å². The first kappa shape index (κ1) is 18.6. The van der Waals surface area contributed by atoms with Gasteiger partial charge in [-0.1, -0.05) is 0 Å². The Kier molecular flexibility index (Phi) is 7.20. The van der Waals surface area contributed by atoms with Crippen LogP contribution in [0, 0.1) is 0 Å². The van der Waals surface area contributed by atoms with Crippen LogP contribution in [0.5, 0.6) is 0 Å². The van der Waals surface area contributed by atoms with Gasteiger partial charge in [0.1, 0.15) is 0 Å². The Hall–Kier alpha value is -0.440. The van der Waals surface area contributed by atoms with Gasteiger partial charge in [-0.3, -0.25) is 0 Å². The lowest BCUT2D eigenvalue weighted by Gasteiger charge is -2.39. The van der Waals surface area contributed by atoms with E-state index >= 15 is 0 Å². The highest BCUT2D eigenvalue weighted by molar-refractivity contribution is 4.88. The molecular weight excluding hydrogens is 272 g/mol. The van der Waals surface area contributed by atoms with Crippen molar-refractivity contribution in [3.63, 3.8) is 0 Å². The second-order valence-electron chi connectivity index (χ2n) is 3.38. The van der Waals surface area contributed by atoms with E-state index in [1.807, 2.05) is 0 Å². The van der Waals surface area contributed by atoms with Gasteiger partial charge >= 0.3 is 18.0 Å². The van der Waals surface area contributed by atoms with Crippen LogP contribution >= 0.6 is 0 Å². The monoisotopic (exact) mass is 292 g/mol. The van der Waals surface area contributed by atoms with Gasteiger partial charge in [0.2, 0.25) is 0 Å². The lowest BCUT2D eigenvalue weighted by atomic mass is 10.2. The van der Waals surface area contributed by atoms with Gasteiger partial charge in [0.05, 0.1) is 26.4 Å². The predicted octanol–water partition coefficient (Wildman–Crippen LogP) is 3.01. The van der Waals surface area contributed by atoms with Crippen molar-refractivity contribution < 1.29 is 36.5 Å². The molecule has 0 atom stereocenters. The molecule has 0 aromatic carbocycles. The average Bonchev–Trinajstić information content (AvgIpc) is 2.29. The van der Waals surface area contributed by atoms with Crippen molar-refractivity contribution in [2.45, 2.75) is 45.7 Å². The fraction of sp³-hybridized carbons (Fsp3) is 1.00. The molecule has 0 radical (unpaired) electrons. The van der Waals surface area contributed by atoms with Gasteiger partial charge in [0.25, 0.3) is 0 Å². The van der Waals surface area contributed by atoms with Crippen molar-refractivity contribution >= 4 is 0 Å². The number of alkyl halides is 4. The van der Waals surface area contributed by atoms with Crippen LogP contribution in [0.15, 0.2) is 0 Å². The Labute approximate surface area is 110 Å². The molecule has 19 heavy (non-hydrogen) atoms. The molecule has 0 aromatic heterocycles. The van der Waals surface area contributed by atoms with Crippen LogP contribution in [-0.2, 0) is 18.9 Å². The number of rotatable bonds is 10. The first-order valence-electron chi connectivity index (χ1n) is 6.06. The Morgan fingerprint density at radius 3 is 0.947 bits per heavy atom. The largest absolute Gasteiger partial charge is 0.416 e. The zero-order valence-corrected chi connectivity index (χ0v) is 11.5. The van der Waals surface area contributed by atoms with Crippen LogP contribution in [-0.4, -0.2) is 44.4 Å². The van der Waals surface area contributed by atoms with E-state index in [-0.39, 0.29) is 0 Å². The van der Waals surface area contributed by atoms with Crippen LogP contribution in [0.3, 0.4) is 0 Å². The van der Waals surface area contributed by atoms with E-state index in [0.717, 1.165) is 0 Å². The summed E-state index contributed by atoms with van der Waals surface area (Å²) in [6.07, 6.45) is 0. The molecular formula is C11H20F4O4. The highest BCUT2D eigenvalue weighted by Crippen LogP contribution is 2.46. The average molecular weight is 292 g/mol. The molecule has 116 valence electrons. The van der Waals surface area contributed by atoms with Crippen molar-refractivity contribution in [3.05, 3.63) is 0 Å². The minimum absolute atomic E-state index is 0.444. The summed E-state index contributed by atoms with van der Waals surface area (Å²) in [5.74, 6) is -4.81. The van der Waals surface area contributed by atoms with Crippen molar-refractivity contribution in [1.29, 1.82) is 0 Å². The Balaban J connectivity index is 5.44. The highest BCUT2D eigenvalue weighted by Gasteiger charge is 2.74. The summed E-state index contributed by atoms with van der Waals surface area (Å²) in [6, 6.07) is -7.95. The molecule has 0 amide bonds. The van der Waals surface area contributed by atoms with E-state index in [1.165, 1.54) is 27.7 Å². The normalized spacial score (nSPS) is 13.9. The standard InChI is InChI=1S/C11H20F4O4/c1-5-16-10(14,17-6-2)9(12,13)11(15,18-7-3)19-8-4/h5-8H2,1-4H3. The van der Waals surface area contributed by atoms with E-state index in [4.69, 9.17) is 0 Å². The third-order valence-electron chi connectivity index (χ3n) is 2.07. The summed E-state index contributed by atoms with van der Waals surface area (Å²) in [4.78, 5) is 0. The summed E-state index contributed by atoms with van der Waals surface area (Å²) in [5, 5.41) is 0. The van der Waals surface area contributed by atoms with E-state index < -0.39 is 44.4 Å². The number of hydrogen-bond donors (Lipinski definition) is 0. The predicted molar refractivity (Wildman–Crippen MR) is 59.1 cm³/mol. The zero-order valence-electron chi connectivity index (χ0n) is 11.5. The number of halogens is 4. The smallest absolute Gasteiger partial charge is 0.319 e. The van der Waals surface area contributed by atoms with Gasteiger partial charge in [-0.15, -0.1) is 0 Å². The lowest BCUT2D eigenvalue weighted by Crippen LogP contribution is -2.63. The molecule has 0 aliphatic heterocycles. The minimum Gasteiger partial charge on any atom is -0.319 e. The van der Waals surface area contributed by atoms with Gasteiger partial charge in [0.15, 0.2) is 0 Å². The SMILES string of the molecule is CCOC(F)(OCC)C(F)(F)C(F)(OCC)OCC. The van der Waals surface area contributed by atoms with Crippen LogP contribution in [0.1, 0.15) is 27.7 Å². The molecule has 0 aliphatic carbocycles. The summed E-state index contributed by atoms with van der Waals surface area (Å²) in [5.41, 5.74) is 0. The van der Waals surface area contributed by atoms with Gasteiger partial charge in [-0.05, 0) is 27.7 Å². The molecule has 4 nitrogen and oxygen atoms in total. The molecule has 0 saturated carbocycles. The molecule has 8 heteroatoms. The van der Waals surface area contributed by atoms with Gasteiger partial charge in [0, 0.05) is 0 Å². The third-order valence-corrected chi connectivity index (χ3v) is 2.07. The second-order valence-corrected chi connectivity index (χ2v) is 3.38. The maximum absolute atomic E-state index is 14.1. The van der Waals surface area contributed by atoms with Crippen LogP contribution in [0.25, 0.3) is 0 Å². The Bertz CT molecular complexity index is 227. The second kappa shape index (κ2) is 7.37. The molecule has 0 rings (SSSR count). The van der Waals surface area contributed by atoms with E-state index in [1.54, 1.807) is 0 Å². The first-order valence-corrected chi connectivity index (χ1v) is 6.06. The summed E-state index contributed by atoms with van der Waals surface area (Å²) in [7, 11) is 0. The molecule has 0 aromatic rings. The molecule has 0 spiro atoms. The minimum atomic E-state index is -4.81.